The van der Waals surface area contributed by atoms with Crippen molar-refractivity contribution in [2.75, 3.05) is 18.0 Å². The van der Waals surface area contributed by atoms with Crippen LogP contribution in [-0.4, -0.2) is 23.6 Å². The van der Waals surface area contributed by atoms with Crippen molar-refractivity contribution >= 4 is 5.69 Å². The first kappa shape index (κ1) is 16.3. The van der Waals surface area contributed by atoms with Gasteiger partial charge in [0.05, 0.1) is 0 Å². The van der Waals surface area contributed by atoms with Crippen molar-refractivity contribution in [2.45, 2.75) is 60.0 Å². The second kappa shape index (κ2) is 6.35. The van der Waals surface area contributed by atoms with E-state index in [0.717, 1.165) is 24.1 Å². The Kier molecular flexibility index (Phi) is 4.92. The maximum Gasteiger partial charge on any atom is 0.0445 e. The number of aryl methyl sites for hydroxylation is 1. The van der Waals surface area contributed by atoms with E-state index in [1.54, 1.807) is 0 Å². The lowest BCUT2D eigenvalue weighted by Gasteiger charge is -2.26. The Morgan fingerprint density at radius 1 is 1.38 bits per heavy atom. The number of hydrogen-bond donors (Lipinski definition) is 1. The molecule has 1 aliphatic heterocycles. The molecule has 1 aromatic rings. The maximum atomic E-state index is 4.50. The van der Waals surface area contributed by atoms with Crippen molar-refractivity contribution in [2.24, 2.45) is 11.8 Å². The summed E-state index contributed by atoms with van der Waals surface area (Å²) in [4.78, 5) is 7.05. The third kappa shape index (κ3) is 4.44. The van der Waals surface area contributed by atoms with Gasteiger partial charge in [0, 0.05) is 48.3 Å². The van der Waals surface area contributed by atoms with Crippen molar-refractivity contribution in [1.82, 2.24) is 10.3 Å². The summed E-state index contributed by atoms with van der Waals surface area (Å²) in [5, 5.41) is 3.59. The Labute approximate surface area is 130 Å². The van der Waals surface area contributed by atoms with E-state index in [9.17, 15) is 0 Å². The lowest BCUT2D eigenvalue weighted by molar-refractivity contribution is 0.421. The second-order valence-electron chi connectivity index (χ2n) is 7.80. The molecule has 2 heterocycles. The van der Waals surface area contributed by atoms with Gasteiger partial charge in [0.25, 0.3) is 0 Å². The highest BCUT2D eigenvalue weighted by Gasteiger charge is 2.26. The zero-order valence-electron chi connectivity index (χ0n) is 14.5. The van der Waals surface area contributed by atoms with Gasteiger partial charge in [0.1, 0.15) is 0 Å². The van der Waals surface area contributed by atoms with Gasteiger partial charge in [-0.2, -0.15) is 0 Å². The third-order valence-corrected chi connectivity index (χ3v) is 4.42. The lowest BCUT2D eigenvalue weighted by Crippen LogP contribution is -2.35. The van der Waals surface area contributed by atoms with E-state index in [0.29, 0.717) is 0 Å². The number of rotatable bonds is 4. The van der Waals surface area contributed by atoms with Gasteiger partial charge in [-0.05, 0) is 52.0 Å². The largest absolute Gasteiger partial charge is 0.371 e. The average Bonchev–Trinajstić information content (AvgIpc) is 2.85. The molecule has 1 N–H and O–H groups in total. The number of nitrogens with zero attached hydrogens (tertiary/aromatic N) is 2. The van der Waals surface area contributed by atoms with E-state index in [4.69, 9.17) is 0 Å². The minimum Gasteiger partial charge on any atom is -0.371 e. The van der Waals surface area contributed by atoms with Gasteiger partial charge in [-0.15, -0.1) is 0 Å². The van der Waals surface area contributed by atoms with E-state index in [-0.39, 0.29) is 5.54 Å². The third-order valence-electron chi connectivity index (χ3n) is 4.42. The molecule has 1 atom stereocenters. The molecular weight excluding hydrogens is 258 g/mol. The molecule has 2 rings (SSSR count). The van der Waals surface area contributed by atoms with Gasteiger partial charge < -0.3 is 10.2 Å². The molecule has 1 saturated heterocycles. The summed E-state index contributed by atoms with van der Waals surface area (Å²) in [6.45, 7) is 16.6. The van der Waals surface area contributed by atoms with Crippen molar-refractivity contribution in [3.63, 3.8) is 0 Å². The van der Waals surface area contributed by atoms with E-state index >= 15 is 0 Å². The normalized spacial score (nSPS) is 19.6. The molecule has 0 aliphatic carbocycles. The van der Waals surface area contributed by atoms with Crippen molar-refractivity contribution < 1.29 is 0 Å². The smallest absolute Gasteiger partial charge is 0.0445 e. The fourth-order valence-electron chi connectivity index (χ4n) is 2.91. The monoisotopic (exact) mass is 289 g/mol. The van der Waals surface area contributed by atoms with Crippen molar-refractivity contribution in [3.05, 3.63) is 23.5 Å². The molecule has 0 amide bonds. The van der Waals surface area contributed by atoms with E-state index in [1.165, 1.54) is 30.8 Å². The molecule has 21 heavy (non-hydrogen) atoms. The van der Waals surface area contributed by atoms with Gasteiger partial charge in [-0.3, -0.25) is 4.98 Å². The topological polar surface area (TPSA) is 28.2 Å². The highest BCUT2D eigenvalue weighted by molar-refractivity contribution is 5.54. The van der Waals surface area contributed by atoms with Gasteiger partial charge in [-0.1, -0.05) is 13.8 Å². The predicted molar refractivity (Wildman–Crippen MR) is 90.7 cm³/mol. The van der Waals surface area contributed by atoms with Gasteiger partial charge in [0.15, 0.2) is 0 Å². The predicted octanol–water partition coefficient (Wildman–Crippen LogP) is 3.76. The molecule has 1 aromatic heterocycles. The number of anilines is 1. The van der Waals surface area contributed by atoms with E-state index < -0.39 is 0 Å². The zero-order chi connectivity index (χ0) is 15.6. The van der Waals surface area contributed by atoms with Gasteiger partial charge >= 0.3 is 0 Å². The van der Waals surface area contributed by atoms with Crippen LogP contribution in [0, 0.1) is 18.8 Å². The number of pyridine rings is 1. The summed E-state index contributed by atoms with van der Waals surface area (Å²) in [7, 11) is 0. The molecule has 118 valence electrons. The van der Waals surface area contributed by atoms with Crippen LogP contribution in [0.15, 0.2) is 12.3 Å². The van der Waals surface area contributed by atoms with Crippen molar-refractivity contribution in [3.8, 4) is 0 Å². The summed E-state index contributed by atoms with van der Waals surface area (Å²) in [5.74, 6) is 1.59. The first-order chi connectivity index (χ1) is 9.76. The molecular formula is C18H31N3. The van der Waals surface area contributed by atoms with Crippen LogP contribution in [0.4, 0.5) is 5.69 Å². The Morgan fingerprint density at radius 2 is 2.10 bits per heavy atom. The molecule has 0 aromatic carbocycles. The Morgan fingerprint density at radius 3 is 2.67 bits per heavy atom. The molecule has 3 nitrogen and oxygen atoms in total. The first-order valence-corrected chi connectivity index (χ1v) is 8.22. The zero-order valence-corrected chi connectivity index (χ0v) is 14.5. The minimum absolute atomic E-state index is 0.133. The summed E-state index contributed by atoms with van der Waals surface area (Å²) in [6.07, 6.45) is 3.36. The van der Waals surface area contributed by atoms with Crippen LogP contribution < -0.4 is 10.2 Å². The van der Waals surface area contributed by atoms with Crippen molar-refractivity contribution in [1.29, 1.82) is 0 Å². The number of aromatic nitrogens is 1. The molecule has 1 fully saturated rings. The lowest BCUT2D eigenvalue weighted by atomic mass is 9.95. The minimum atomic E-state index is 0.133. The molecule has 0 saturated carbocycles. The van der Waals surface area contributed by atoms with E-state index in [2.05, 4.69) is 62.8 Å². The quantitative estimate of drug-likeness (QED) is 0.914. The fraction of sp³-hybridized carbons (Fsp3) is 0.722. The first-order valence-electron chi connectivity index (χ1n) is 8.22. The summed E-state index contributed by atoms with van der Waals surface area (Å²) in [6, 6.07) is 2.25. The molecule has 0 bridgehead atoms. The standard InChI is InChI=1S/C18H31N3/c1-13(2)15-7-8-21(12-15)17-9-14(3)19-10-16(17)11-20-18(4,5)6/h9-10,13,15,20H,7-8,11-12H2,1-6H3. The highest BCUT2D eigenvalue weighted by Crippen LogP contribution is 2.30. The van der Waals surface area contributed by atoms with Crippen LogP contribution >= 0.6 is 0 Å². The van der Waals surface area contributed by atoms with Gasteiger partial charge in [-0.25, -0.2) is 0 Å². The molecule has 1 aliphatic rings. The van der Waals surface area contributed by atoms with Gasteiger partial charge in [0.2, 0.25) is 0 Å². The van der Waals surface area contributed by atoms with Crippen LogP contribution in [0.25, 0.3) is 0 Å². The Bertz CT molecular complexity index is 474. The van der Waals surface area contributed by atoms with Crippen LogP contribution in [-0.2, 0) is 6.54 Å². The average molecular weight is 289 g/mol. The number of nitrogens with one attached hydrogen (secondary N) is 1. The summed E-state index contributed by atoms with van der Waals surface area (Å²) >= 11 is 0. The van der Waals surface area contributed by atoms with Crippen LogP contribution in [0.2, 0.25) is 0 Å². The fourth-order valence-corrected chi connectivity index (χ4v) is 2.91. The van der Waals surface area contributed by atoms with Crippen LogP contribution in [0.5, 0.6) is 0 Å². The van der Waals surface area contributed by atoms with E-state index in [1.807, 2.05) is 6.20 Å². The maximum absolute atomic E-state index is 4.50. The molecule has 0 radical (unpaired) electrons. The Balaban J connectivity index is 2.16. The second-order valence-corrected chi connectivity index (χ2v) is 7.80. The highest BCUT2D eigenvalue weighted by atomic mass is 15.2. The number of hydrogen-bond acceptors (Lipinski definition) is 3. The summed E-state index contributed by atoms with van der Waals surface area (Å²) in [5.41, 5.74) is 3.94. The Hall–Kier alpha value is -1.09. The molecule has 1 unspecified atom stereocenters. The molecule has 3 heteroatoms. The SMILES string of the molecule is Cc1cc(N2CCC(C(C)C)C2)c(CNC(C)(C)C)cn1. The van der Waals surface area contributed by atoms with Crippen LogP contribution in [0.1, 0.15) is 52.3 Å². The molecule has 0 spiro atoms. The van der Waals surface area contributed by atoms with Crippen LogP contribution in [0.3, 0.4) is 0 Å². The summed E-state index contributed by atoms with van der Waals surface area (Å²) < 4.78 is 0.